The Morgan fingerprint density at radius 3 is 2.78 bits per heavy atom. The Bertz CT molecular complexity index is 565. The molecule has 1 aliphatic carbocycles. The summed E-state index contributed by atoms with van der Waals surface area (Å²) in [5.41, 5.74) is 6.76. The lowest BCUT2D eigenvalue weighted by Crippen LogP contribution is -2.30. The van der Waals surface area contributed by atoms with Crippen LogP contribution in [0.5, 0.6) is 0 Å². The summed E-state index contributed by atoms with van der Waals surface area (Å²) in [5.74, 6) is -0.227. The molecule has 0 spiro atoms. The lowest BCUT2D eigenvalue weighted by Gasteiger charge is -1.99. The van der Waals surface area contributed by atoms with Crippen molar-refractivity contribution in [3.63, 3.8) is 0 Å². The molecule has 2 atom stereocenters. The van der Waals surface area contributed by atoms with E-state index in [1.807, 2.05) is 30.3 Å². The Kier molecular flexibility index (Phi) is 2.56. The van der Waals surface area contributed by atoms with E-state index < -0.39 is 0 Å². The highest BCUT2D eigenvalue weighted by atomic mass is 16.2. The second-order valence-corrected chi connectivity index (χ2v) is 4.33. The molecule has 3 rings (SSSR count). The zero-order valence-corrected chi connectivity index (χ0v) is 9.65. The van der Waals surface area contributed by atoms with E-state index in [4.69, 9.17) is 5.73 Å². The minimum Gasteiger partial charge on any atom is -0.346 e. The number of nitrogens with one attached hydrogen (secondary N) is 1. The van der Waals surface area contributed by atoms with Gasteiger partial charge in [0.2, 0.25) is 0 Å². The van der Waals surface area contributed by atoms with E-state index in [1.165, 1.54) is 11.0 Å². The van der Waals surface area contributed by atoms with Crippen LogP contribution < -0.4 is 11.1 Å². The van der Waals surface area contributed by atoms with Crippen molar-refractivity contribution in [1.29, 1.82) is 0 Å². The first-order chi connectivity index (χ1) is 8.74. The maximum Gasteiger partial charge on any atom is 0.273 e. The predicted octanol–water partition coefficient (Wildman–Crippen LogP) is 0.0967. The van der Waals surface area contributed by atoms with Crippen LogP contribution in [0.15, 0.2) is 36.5 Å². The highest BCUT2D eigenvalue weighted by molar-refractivity contribution is 5.92. The third-order valence-corrected chi connectivity index (χ3v) is 2.87. The Hall–Kier alpha value is -2.21. The maximum atomic E-state index is 11.8. The topological polar surface area (TPSA) is 85.8 Å². The summed E-state index contributed by atoms with van der Waals surface area (Å²) in [4.78, 5) is 13.2. The van der Waals surface area contributed by atoms with Crippen LogP contribution >= 0.6 is 0 Å². The van der Waals surface area contributed by atoms with Crippen LogP contribution in [0.4, 0.5) is 0 Å². The van der Waals surface area contributed by atoms with Crippen molar-refractivity contribution in [1.82, 2.24) is 20.3 Å². The van der Waals surface area contributed by atoms with Crippen LogP contribution in [0.25, 0.3) is 5.69 Å². The minimum absolute atomic E-state index is 0.0816. The third-order valence-electron chi connectivity index (χ3n) is 2.87. The standard InChI is InChI=1S/C12H13N5O/c13-9-6-10(9)15-12(18)11-7-14-17(16-11)8-4-2-1-3-5-8/h1-5,7,9-10H,6,13H2,(H,15,18). The van der Waals surface area contributed by atoms with E-state index in [9.17, 15) is 4.79 Å². The second-order valence-electron chi connectivity index (χ2n) is 4.33. The summed E-state index contributed by atoms with van der Waals surface area (Å²) in [5, 5.41) is 11.0. The number of carbonyl (C=O) groups excluding carboxylic acids is 1. The van der Waals surface area contributed by atoms with Crippen molar-refractivity contribution in [2.24, 2.45) is 5.73 Å². The van der Waals surface area contributed by atoms with Gasteiger partial charge in [0.1, 0.15) is 0 Å². The molecule has 92 valence electrons. The highest BCUT2D eigenvalue weighted by Crippen LogP contribution is 2.18. The van der Waals surface area contributed by atoms with E-state index in [2.05, 4.69) is 15.5 Å². The molecule has 0 bridgehead atoms. The molecule has 0 aliphatic heterocycles. The zero-order chi connectivity index (χ0) is 12.5. The van der Waals surface area contributed by atoms with Gasteiger partial charge in [-0.05, 0) is 18.6 Å². The van der Waals surface area contributed by atoms with Crippen molar-refractivity contribution in [3.8, 4) is 5.69 Å². The fraction of sp³-hybridized carbons (Fsp3) is 0.250. The Morgan fingerprint density at radius 1 is 1.39 bits per heavy atom. The molecule has 1 aliphatic rings. The molecule has 1 amide bonds. The number of para-hydroxylation sites is 1. The van der Waals surface area contributed by atoms with Crippen LogP contribution in [-0.4, -0.2) is 33.0 Å². The third kappa shape index (κ3) is 2.10. The molecule has 2 unspecified atom stereocenters. The molecule has 0 saturated heterocycles. The number of benzene rings is 1. The first-order valence-corrected chi connectivity index (χ1v) is 5.78. The number of amides is 1. The lowest BCUT2D eigenvalue weighted by molar-refractivity contribution is 0.0945. The molecular weight excluding hydrogens is 230 g/mol. The van der Waals surface area contributed by atoms with Crippen LogP contribution in [-0.2, 0) is 0 Å². The predicted molar refractivity (Wildman–Crippen MR) is 65.2 cm³/mol. The number of hydrogen-bond donors (Lipinski definition) is 2. The Balaban J connectivity index is 1.75. The number of aromatic nitrogens is 3. The monoisotopic (exact) mass is 243 g/mol. The van der Waals surface area contributed by atoms with Crippen molar-refractivity contribution >= 4 is 5.91 Å². The fourth-order valence-corrected chi connectivity index (χ4v) is 1.68. The Labute approximate surface area is 104 Å². The smallest absolute Gasteiger partial charge is 0.273 e. The summed E-state index contributed by atoms with van der Waals surface area (Å²) < 4.78 is 0. The molecule has 1 fully saturated rings. The summed E-state index contributed by atoms with van der Waals surface area (Å²) in [6.45, 7) is 0. The van der Waals surface area contributed by atoms with E-state index in [0.717, 1.165) is 12.1 Å². The molecule has 3 N–H and O–H groups in total. The zero-order valence-electron chi connectivity index (χ0n) is 9.65. The average molecular weight is 243 g/mol. The van der Waals surface area contributed by atoms with Gasteiger partial charge in [-0.2, -0.15) is 9.90 Å². The molecule has 1 aromatic heterocycles. The second kappa shape index (κ2) is 4.23. The summed E-state index contributed by atoms with van der Waals surface area (Å²) in [7, 11) is 0. The van der Waals surface area contributed by atoms with E-state index in [1.54, 1.807) is 0 Å². The largest absolute Gasteiger partial charge is 0.346 e. The van der Waals surface area contributed by atoms with Gasteiger partial charge in [-0.3, -0.25) is 4.79 Å². The molecular formula is C12H13N5O. The van der Waals surface area contributed by atoms with Gasteiger partial charge in [0.15, 0.2) is 5.69 Å². The molecule has 18 heavy (non-hydrogen) atoms. The maximum absolute atomic E-state index is 11.8. The molecule has 0 radical (unpaired) electrons. The summed E-state index contributed by atoms with van der Waals surface area (Å²) in [6.07, 6.45) is 2.29. The normalized spacial score (nSPS) is 21.6. The quantitative estimate of drug-likeness (QED) is 0.800. The van der Waals surface area contributed by atoms with Gasteiger partial charge in [-0.1, -0.05) is 18.2 Å². The van der Waals surface area contributed by atoms with Crippen LogP contribution in [0.1, 0.15) is 16.9 Å². The summed E-state index contributed by atoms with van der Waals surface area (Å²) in [6, 6.07) is 9.60. The van der Waals surface area contributed by atoms with Crippen molar-refractivity contribution < 1.29 is 4.79 Å². The summed E-state index contributed by atoms with van der Waals surface area (Å²) >= 11 is 0. The van der Waals surface area contributed by atoms with Gasteiger partial charge in [-0.15, -0.1) is 5.10 Å². The SMILES string of the molecule is NC1CC1NC(=O)c1cnn(-c2ccccc2)n1. The van der Waals surface area contributed by atoms with Gasteiger partial charge >= 0.3 is 0 Å². The Morgan fingerprint density at radius 2 is 2.11 bits per heavy atom. The van der Waals surface area contributed by atoms with Gasteiger partial charge in [0, 0.05) is 12.1 Å². The van der Waals surface area contributed by atoms with Crippen LogP contribution in [0.3, 0.4) is 0 Å². The number of hydrogen-bond acceptors (Lipinski definition) is 4. The molecule has 2 aromatic rings. The minimum atomic E-state index is -0.227. The van der Waals surface area contributed by atoms with Gasteiger partial charge < -0.3 is 11.1 Å². The fourth-order valence-electron chi connectivity index (χ4n) is 1.68. The van der Waals surface area contributed by atoms with Gasteiger partial charge in [0.25, 0.3) is 5.91 Å². The van der Waals surface area contributed by atoms with Crippen LogP contribution in [0.2, 0.25) is 0 Å². The average Bonchev–Trinajstić information content (AvgIpc) is 2.92. The number of rotatable bonds is 3. The molecule has 1 aromatic carbocycles. The number of nitrogens with two attached hydrogens (primary N) is 1. The van der Waals surface area contributed by atoms with E-state index in [-0.39, 0.29) is 18.0 Å². The van der Waals surface area contributed by atoms with Crippen molar-refractivity contribution in [2.75, 3.05) is 0 Å². The van der Waals surface area contributed by atoms with E-state index in [0.29, 0.717) is 5.69 Å². The number of nitrogens with zero attached hydrogens (tertiary/aromatic N) is 3. The van der Waals surface area contributed by atoms with Crippen molar-refractivity contribution in [2.45, 2.75) is 18.5 Å². The molecule has 6 heteroatoms. The van der Waals surface area contributed by atoms with E-state index >= 15 is 0 Å². The molecule has 1 saturated carbocycles. The van der Waals surface area contributed by atoms with Gasteiger partial charge in [-0.25, -0.2) is 0 Å². The first-order valence-electron chi connectivity index (χ1n) is 5.78. The highest BCUT2D eigenvalue weighted by Gasteiger charge is 2.35. The number of carbonyl (C=O) groups is 1. The molecule has 1 heterocycles. The molecule has 6 nitrogen and oxygen atoms in total. The van der Waals surface area contributed by atoms with Gasteiger partial charge in [0.05, 0.1) is 11.9 Å². The first kappa shape index (κ1) is 10.9. The lowest BCUT2D eigenvalue weighted by atomic mass is 10.3. The van der Waals surface area contributed by atoms with Crippen molar-refractivity contribution in [3.05, 3.63) is 42.2 Å². The van der Waals surface area contributed by atoms with Crippen LogP contribution in [0, 0.1) is 0 Å².